The molecule has 1 amide bonds. The van der Waals surface area contributed by atoms with Crippen molar-refractivity contribution in [1.29, 1.82) is 0 Å². The lowest BCUT2D eigenvalue weighted by Crippen LogP contribution is -2.37. The van der Waals surface area contributed by atoms with E-state index in [1.807, 2.05) is 30.3 Å². The summed E-state index contributed by atoms with van der Waals surface area (Å²) in [7, 11) is 0. The van der Waals surface area contributed by atoms with Gasteiger partial charge in [-0.15, -0.1) is 0 Å². The molecule has 3 N–H and O–H groups in total. The molecular weight excluding hydrogens is 252 g/mol. The van der Waals surface area contributed by atoms with Crippen LogP contribution in [0, 0.1) is 5.41 Å². The quantitative estimate of drug-likeness (QED) is 0.891. The van der Waals surface area contributed by atoms with Gasteiger partial charge in [-0.3, -0.25) is 4.79 Å². The summed E-state index contributed by atoms with van der Waals surface area (Å²) in [5, 5.41) is 2.77. The second kappa shape index (κ2) is 5.79. The van der Waals surface area contributed by atoms with Gasteiger partial charge in [0.2, 0.25) is 5.91 Å². The standard InChI is InChI=1S/C15H18N4O/c1-15(2,10-16)14(20)19-12-8-17-13(18-9-12)11-6-4-3-5-7-11/h3-9H,10,16H2,1-2H3,(H,19,20). The maximum Gasteiger partial charge on any atom is 0.231 e. The lowest BCUT2D eigenvalue weighted by molar-refractivity contribution is -0.123. The molecule has 0 unspecified atom stereocenters. The summed E-state index contributed by atoms with van der Waals surface area (Å²) in [6.45, 7) is 3.87. The third kappa shape index (κ3) is 3.19. The van der Waals surface area contributed by atoms with E-state index in [0.717, 1.165) is 5.56 Å². The Morgan fingerprint density at radius 2 is 1.80 bits per heavy atom. The molecule has 0 radical (unpaired) electrons. The van der Waals surface area contributed by atoms with Crippen molar-refractivity contribution in [2.45, 2.75) is 13.8 Å². The molecule has 0 bridgehead atoms. The molecule has 1 aromatic carbocycles. The molecule has 0 saturated heterocycles. The van der Waals surface area contributed by atoms with E-state index in [9.17, 15) is 4.79 Å². The molecule has 0 atom stereocenters. The number of anilines is 1. The van der Waals surface area contributed by atoms with Gasteiger partial charge >= 0.3 is 0 Å². The first-order chi connectivity index (χ1) is 9.53. The van der Waals surface area contributed by atoms with Gasteiger partial charge in [0.15, 0.2) is 5.82 Å². The molecule has 0 aliphatic rings. The predicted molar refractivity (Wildman–Crippen MR) is 78.9 cm³/mol. The molecular formula is C15H18N4O. The van der Waals surface area contributed by atoms with E-state index in [1.165, 1.54) is 0 Å². The topological polar surface area (TPSA) is 80.9 Å². The van der Waals surface area contributed by atoms with Crippen molar-refractivity contribution in [3.05, 3.63) is 42.7 Å². The molecule has 0 spiro atoms. The van der Waals surface area contributed by atoms with Gasteiger partial charge in [0.25, 0.3) is 0 Å². The van der Waals surface area contributed by atoms with Crippen LogP contribution in [0.1, 0.15) is 13.8 Å². The van der Waals surface area contributed by atoms with E-state index in [1.54, 1.807) is 26.2 Å². The minimum atomic E-state index is -0.613. The fraction of sp³-hybridized carbons (Fsp3) is 0.267. The van der Waals surface area contributed by atoms with Crippen LogP contribution in [0.3, 0.4) is 0 Å². The van der Waals surface area contributed by atoms with E-state index in [0.29, 0.717) is 11.5 Å². The van der Waals surface area contributed by atoms with Gasteiger partial charge in [0.1, 0.15) is 0 Å². The fourth-order valence-electron chi connectivity index (χ4n) is 1.52. The molecule has 5 heteroatoms. The Hall–Kier alpha value is -2.27. The van der Waals surface area contributed by atoms with E-state index >= 15 is 0 Å². The first-order valence-corrected chi connectivity index (χ1v) is 6.42. The van der Waals surface area contributed by atoms with Crippen LogP contribution >= 0.6 is 0 Å². The number of hydrogen-bond donors (Lipinski definition) is 2. The number of amides is 1. The number of nitrogens with two attached hydrogens (primary N) is 1. The molecule has 20 heavy (non-hydrogen) atoms. The van der Waals surface area contributed by atoms with Crippen LogP contribution in [0.2, 0.25) is 0 Å². The van der Waals surface area contributed by atoms with Crippen molar-refractivity contribution in [2.24, 2.45) is 11.1 Å². The number of aromatic nitrogens is 2. The maximum absolute atomic E-state index is 12.0. The largest absolute Gasteiger partial charge is 0.329 e. The summed E-state index contributed by atoms with van der Waals surface area (Å²) in [5.74, 6) is 0.484. The van der Waals surface area contributed by atoms with Gasteiger partial charge in [-0.05, 0) is 13.8 Å². The second-order valence-electron chi connectivity index (χ2n) is 5.20. The van der Waals surface area contributed by atoms with Gasteiger partial charge in [0, 0.05) is 12.1 Å². The SMILES string of the molecule is CC(C)(CN)C(=O)Nc1cnc(-c2ccccc2)nc1. The Bertz CT molecular complexity index is 579. The van der Waals surface area contributed by atoms with Crippen molar-refractivity contribution in [1.82, 2.24) is 9.97 Å². The van der Waals surface area contributed by atoms with Crippen molar-refractivity contribution >= 4 is 11.6 Å². The molecule has 5 nitrogen and oxygen atoms in total. The molecule has 0 fully saturated rings. The Kier molecular flexibility index (Phi) is 4.10. The number of hydrogen-bond acceptors (Lipinski definition) is 4. The minimum absolute atomic E-state index is 0.143. The van der Waals surface area contributed by atoms with Crippen LogP contribution in [-0.2, 0) is 4.79 Å². The van der Waals surface area contributed by atoms with Gasteiger partial charge in [-0.1, -0.05) is 30.3 Å². The maximum atomic E-state index is 12.0. The average molecular weight is 270 g/mol. The smallest absolute Gasteiger partial charge is 0.231 e. The molecule has 104 valence electrons. The van der Waals surface area contributed by atoms with Crippen LogP contribution < -0.4 is 11.1 Å². The van der Waals surface area contributed by atoms with Crippen LogP contribution in [0.4, 0.5) is 5.69 Å². The lowest BCUT2D eigenvalue weighted by atomic mass is 9.93. The zero-order valence-electron chi connectivity index (χ0n) is 11.6. The van der Waals surface area contributed by atoms with Crippen molar-refractivity contribution in [3.63, 3.8) is 0 Å². The molecule has 2 rings (SSSR count). The molecule has 2 aromatic rings. The van der Waals surface area contributed by atoms with Crippen LogP contribution in [0.15, 0.2) is 42.7 Å². The highest BCUT2D eigenvalue weighted by Crippen LogP contribution is 2.18. The number of carbonyl (C=O) groups excluding carboxylic acids is 1. The predicted octanol–water partition coefficient (Wildman–Crippen LogP) is 2.07. The van der Waals surface area contributed by atoms with Gasteiger partial charge in [-0.25, -0.2) is 9.97 Å². The summed E-state index contributed by atoms with van der Waals surface area (Å²) in [5.41, 5.74) is 6.46. The molecule has 1 aromatic heterocycles. The van der Waals surface area contributed by atoms with Crippen LogP contribution in [-0.4, -0.2) is 22.4 Å². The minimum Gasteiger partial charge on any atom is -0.329 e. The zero-order chi connectivity index (χ0) is 14.6. The normalized spacial score (nSPS) is 11.2. The average Bonchev–Trinajstić information content (AvgIpc) is 2.49. The highest BCUT2D eigenvalue weighted by Gasteiger charge is 2.25. The van der Waals surface area contributed by atoms with Crippen LogP contribution in [0.5, 0.6) is 0 Å². The Morgan fingerprint density at radius 3 is 2.35 bits per heavy atom. The fourth-order valence-corrected chi connectivity index (χ4v) is 1.52. The van der Waals surface area contributed by atoms with E-state index in [2.05, 4.69) is 15.3 Å². The highest BCUT2D eigenvalue weighted by atomic mass is 16.2. The molecule has 0 saturated carbocycles. The molecule has 1 heterocycles. The van der Waals surface area contributed by atoms with E-state index in [4.69, 9.17) is 5.73 Å². The summed E-state index contributed by atoms with van der Waals surface area (Å²) >= 11 is 0. The Balaban J connectivity index is 2.12. The summed E-state index contributed by atoms with van der Waals surface area (Å²) < 4.78 is 0. The number of nitrogens with one attached hydrogen (secondary N) is 1. The van der Waals surface area contributed by atoms with E-state index < -0.39 is 5.41 Å². The zero-order valence-corrected chi connectivity index (χ0v) is 11.6. The Morgan fingerprint density at radius 1 is 1.20 bits per heavy atom. The van der Waals surface area contributed by atoms with Crippen molar-refractivity contribution in [2.75, 3.05) is 11.9 Å². The van der Waals surface area contributed by atoms with Crippen molar-refractivity contribution in [3.8, 4) is 11.4 Å². The second-order valence-corrected chi connectivity index (χ2v) is 5.20. The lowest BCUT2D eigenvalue weighted by Gasteiger charge is -2.20. The number of carbonyl (C=O) groups is 1. The summed E-state index contributed by atoms with van der Waals surface area (Å²) in [6, 6.07) is 9.67. The highest BCUT2D eigenvalue weighted by molar-refractivity contribution is 5.94. The summed E-state index contributed by atoms with van der Waals surface area (Å²) in [4.78, 5) is 20.5. The third-order valence-electron chi connectivity index (χ3n) is 3.07. The number of rotatable bonds is 4. The number of nitrogens with zero attached hydrogens (tertiary/aromatic N) is 2. The molecule has 0 aliphatic carbocycles. The summed E-state index contributed by atoms with van der Waals surface area (Å²) in [6.07, 6.45) is 3.19. The monoisotopic (exact) mass is 270 g/mol. The third-order valence-corrected chi connectivity index (χ3v) is 3.07. The van der Waals surface area contributed by atoms with E-state index in [-0.39, 0.29) is 12.5 Å². The first-order valence-electron chi connectivity index (χ1n) is 6.42. The van der Waals surface area contributed by atoms with Gasteiger partial charge < -0.3 is 11.1 Å². The van der Waals surface area contributed by atoms with Gasteiger partial charge in [-0.2, -0.15) is 0 Å². The number of benzene rings is 1. The van der Waals surface area contributed by atoms with Crippen molar-refractivity contribution < 1.29 is 4.79 Å². The van der Waals surface area contributed by atoms with Crippen LogP contribution in [0.25, 0.3) is 11.4 Å². The Labute approximate surface area is 118 Å². The first kappa shape index (κ1) is 14.1. The van der Waals surface area contributed by atoms with Gasteiger partial charge in [0.05, 0.1) is 23.5 Å². The molecule has 0 aliphatic heterocycles.